The minimum absolute atomic E-state index is 0.0149. The van der Waals surface area contributed by atoms with E-state index in [0.717, 1.165) is 32.4 Å². The Bertz CT molecular complexity index is 988. The summed E-state index contributed by atoms with van der Waals surface area (Å²) >= 11 is 0. The SMILES string of the molecule is CC(C)(C)OC(=O)Nc1ccc(C(=O)C2CCN([C@@H]3Cc4ccccc4C[C@H]3O)CC2)cc1. The third kappa shape index (κ3) is 5.81. The molecule has 2 aromatic carbocycles. The first-order valence-corrected chi connectivity index (χ1v) is 11.8. The number of Topliss-reactive ketones (excluding diaryl/α,β-unsaturated/α-hetero) is 1. The monoisotopic (exact) mass is 450 g/mol. The van der Waals surface area contributed by atoms with Gasteiger partial charge in [0.1, 0.15) is 5.60 Å². The quantitative estimate of drug-likeness (QED) is 0.673. The Morgan fingerprint density at radius 2 is 1.58 bits per heavy atom. The van der Waals surface area contributed by atoms with Crippen LogP contribution in [0.1, 0.15) is 55.1 Å². The molecule has 0 radical (unpaired) electrons. The predicted molar refractivity (Wildman–Crippen MR) is 129 cm³/mol. The molecule has 2 N–H and O–H groups in total. The maximum absolute atomic E-state index is 13.1. The first-order chi connectivity index (χ1) is 15.7. The number of benzene rings is 2. The number of rotatable bonds is 4. The van der Waals surface area contributed by atoms with Crippen molar-refractivity contribution >= 4 is 17.6 Å². The molecule has 0 bridgehead atoms. The van der Waals surface area contributed by atoms with Crippen molar-refractivity contribution < 1.29 is 19.4 Å². The molecule has 1 aliphatic carbocycles. The van der Waals surface area contributed by atoms with Crippen LogP contribution in [0.4, 0.5) is 10.5 Å². The highest BCUT2D eigenvalue weighted by molar-refractivity contribution is 5.98. The summed E-state index contributed by atoms with van der Waals surface area (Å²) in [5.74, 6) is 0.131. The molecule has 176 valence electrons. The average Bonchev–Trinajstić information content (AvgIpc) is 2.77. The van der Waals surface area contributed by atoms with E-state index in [9.17, 15) is 14.7 Å². The third-order valence-electron chi connectivity index (χ3n) is 6.60. The topological polar surface area (TPSA) is 78.9 Å². The number of carbonyl (C=O) groups is 2. The maximum atomic E-state index is 13.1. The predicted octanol–water partition coefficient (Wildman–Crippen LogP) is 4.46. The molecule has 1 aliphatic heterocycles. The molecular weight excluding hydrogens is 416 g/mol. The van der Waals surface area contributed by atoms with Crippen molar-refractivity contribution in [2.75, 3.05) is 18.4 Å². The number of fused-ring (bicyclic) bond motifs is 1. The summed E-state index contributed by atoms with van der Waals surface area (Å²) in [6, 6.07) is 15.5. The number of anilines is 1. The normalized spacial score (nSPS) is 21.8. The van der Waals surface area contributed by atoms with E-state index >= 15 is 0 Å². The van der Waals surface area contributed by atoms with Crippen molar-refractivity contribution in [3.05, 3.63) is 65.2 Å². The fourth-order valence-corrected chi connectivity index (χ4v) is 4.92. The molecule has 0 unspecified atom stereocenters. The number of amides is 1. The Balaban J connectivity index is 1.31. The molecule has 1 heterocycles. The minimum atomic E-state index is -0.564. The summed E-state index contributed by atoms with van der Waals surface area (Å²) in [6.45, 7) is 7.08. The summed E-state index contributed by atoms with van der Waals surface area (Å²) < 4.78 is 5.26. The van der Waals surface area contributed by atoms with Gasteiger partial charge in [0, 0.05) is 29.6 Å². The molecule has 33 heavy (non-hydrogen) atoms. The number of ketones is 1. The Kier molecular flexibility index (Phi) is 6.86. The lowest BCUT2D eigenvalue weighted by Crippen LogP contribution is -2.51. The number of aliphatic hydroxyl groups is 1. The van der Waals surface area contributed by atoms with Crippen LogP contribution in [0.15, 0.2) is 48.5 Å². The van der Waals surface area contributed by atoms with Crippen LogP contribution in [-0.4, -0.2) is 52.7 Å². The first-order valence-electron chi connectivity index (χ1n) is 11.8. The van der Waals surface area contributed by atoms with Crippen molar-refractivity contribution in [1.82, 2.24) is 4.90 Å². The van der Waals surface area contributed by atoms with E-state index in [4.69, 9.17) is 4.74 Å². The second kappa shape index (κ2) is 9.65. The lowest BCUT2D eigenvalue weighted by Gasteiger charge is -2.41. The van der Waals surface area contributed by atoms with Crippen molar-refractivity contribution in [1.29, 1.82) is 0 Å². The second-order valence-electron chi connectivity index (χ2n) is 10.2. The van der Waals surface area contributed by atoms with Gasteiger partial charge in [0.2, 0.25) is 0 Å². The first kappa shape index (κ1) is 23.5. The number of likely N-dealkylation sites (tertiary alicyclic amines) is 1. The zero-order chi connectivity index (χ0) is 23.6. The molecule has 6 heteroatoms. The Labute approximate surface area is 195 Å². The highest BCUT2D eigenvalue weighted by Gasteiger charge is 2.35. The molecular formula is C27H34N2O4. The van der Waals surface area contributed by atoms with Gasteiger partial charge < -0.3 is 9.84 Å². The number of aliphatic hydroxyl groups excluding tert-OH is 1. The summed E-state index contributed by atoms with van der Waals surface area (Å²) in [4.78, 5) is 27.3. The summed E-state index contributed by atoms with van der Waals surface area (Å²) in [5.41, 5.74) is 3.27. The number of piperidine rings is 1. The molecule has 6 nitrogen and oxygen atoms in total. The van der Waals surface area contributed by atoms with Crippen LogP contribution in [-0.2, 0) is 17.6 Å². The number of nitrogens with zero attached hydrogens (tertiary/aromatic N) is 1. The van der Waals surface area contributed by atoms with E-state index in [0.29, 0.717) is 17.7 Å². The van der Waals surface area contributed by atoms with E-state index in [1.807, 2.05) is 26.8 Å². The molecule has 4 rings (SSSR count). The summed E-state index contributed by atoms with van der Waals surface area (Å²) in [7, 11) is 0. The molecule has 1 fully saturated rings. The smallest absolute Gasteiger partial charge is 0.412 e. The van der Waals surface area contributed by atoms with Crippen LogP contribution >= 0.6 is 0 Å². The highest BCUT2D eigenvalue weighted by atomic mass is 16.6. The maximum Gasteiger partial charge on any atom is 0.412 e. The van der Waals surface area contributed by atoms with Gasteiger partial charge in [-0.15, -0.1) is 0 Å². The van der Waals surface area contributed by atoms with E-state index in [1.54, 1.807) is 24.3 Å². The average molecular weight is 451 g/mol. The van der Waals surface area contributed by atoms with E-state index in [1.165, 1.54) is 11.1 Å². The molecule has 2 aliphatic rings. The molecule has 0 aromatic heterocycles. The second-order valence-corrected chi connectivity index (χ2v) is 10.2. The lowest BCUT2D eigenvalue weighted by molar-refractivity contribution is 0.0239. The van der Waals surface area contributed by atoms with Gasteiger partial charge in [-0.1, -0.05) is 24.3 Å². The molecule has 2 aromatic rings. The number of ether oxygens (including phenoxy) is 1. The van der Waals surface area contributed by atoms with Gasteiger partial charge in [-0.3, -0.25) is 15.0 Å². The Morgan fingerprint density at radius 1 is 0.970 bits per heavy atom. The van der Waals surface area contributed by atoms with Crippen LogP contribution in [0.5, 0.6) is 0 Å². The van der Waals surface area contributed by atoms with E-state index < -0.39 is 11.7 Å². The zero-order valence-corrected chi connectivity index (χ0v) is 19.7. The van der Waals surface area contributed by atoms with Crippen LogP contribution in [0.25, 0.3) is 0 Å². The number of hydrogen-bond acceptors (Lipinski definition) is 5. The van der Waals surface area contributed by atoms with Gasteiger partial charge in [-0.05, 0) is 88.5 Å². The minimum Gasteiger partial charge on any atom is -0.444 e. The van der Waals surface area contributed by atoms with E-state index in [-0.39, 0.29) is 23.8 Å². The zero-order valence-electron chi connectivity index (χ0n) is 19.7. The number of hydrogen-bond donors (Lipinski definition) is 2. The van der Waals surface area contributed by atoms with Gasteiger partial charge in [0.15, 0.2) is 5.78 Å². The summed E-state index contributed by atoms with van der Waals surface area (Å²) in [5, 5.41) is 13.4. The lowest BCUT2D eigenvalue weighted by atomic mass is 9.83. The van der Waals surface area contributed by atoms with Crippen molar-refractivity contribution in [2.24, 2.45) is 5.92 Å². The standard InChI is InChI=1S/C27H34N2O4/c1-27(2,3)33-26(32)28-22-10-8-18(9-11-22)25(31)19-12-14-29(15-13-19)23-16-20-6-4-5-7-21(20)17-24(23)30/h4-11,19,23-24,30H,12-17H2,1-3H3,(H,28,32)/t23-,24-/m1/s1. The van der Waals surface area contributed by atoms with Gasteiger partial charge in [0.25, 0.3) is 0 Å². The van der Waals surface area contributed by atoms with Crippen molar-refractivity contribution in [3.8, 4) is 0 Å². The van der Waals surface area contributed by atoms with Gasteiger partial charge in [-0.2, -0.15) is 0 Å². The van der Waals surface area contributed by atoms with Gasteiger partial charge >= 0.3 is 6.09 Å². The molecule has 1 amide bonds. The number of carbonyl (C=O) groups excluding carboxylic acids is 2. The van der Waals surface area contributed by atoms with E-state index in [2.05, 4.69) is 28.4 Å². The Morgan fingerprint density at radius 3 is 2.18 bits per heavy atom. The van der Waals surface area contributed by atoms with Gasteiger partial charge in [0.05, 0.1) is 6.10 Å². The van der Waals surface area contributed by atoms with Crippen LogP contribution < -0.4 is 5.32 Å². The Hall–Kier alpha value is -2.70. The molecule has 0 saturated carbocycles. The summed E-state index contributed by atoms with van der Waals surface area (Å²) in [6.07, 6.45) is 2.27. The fourth-order valence-electron chi connectivity index (χ4n) is 4.92. The van der Waals surface area contributed by atoms with Crippen LogP contribution in [0.2, 0.25) is 0 Å². The van der Waals surface area contributed by atoms with Gasteiger partial charge in [-0.25, -0.2) is 4.79 Å². The molecule has 1 saturated heterocycles. The third-order valence-corrected chi connectivity index (χ3v) is 6.60. The molecule has 0 spiro atoms. The van der Waals surface area contributed by atoms with Crippen molar-refractivity contribution in [2.45, 2.75) is 64.2 Å². The van der Waals surface area contributed by atoms with Crippen LogP contribution in [0, 0.1) is 5.92 Å². The fraction of sp³-hybridized carbons (Fsp3) is 0.481. The number of nitrogens with one attached hydrogen (secondary N) is 1. The highest BCUT2D eigenvalue weighted by Crippen LogP contribution is 2.29. The molecule has 2 atom stereocenters. The largest absolute Gasteiger partial charge is 0.444 e. The van der Waals surface area contributed by atoms with Crippen LogP contribution in [0.3, 0.4) is 0 Å². The van der Waals surface area contributed by atoms with Crippen molar-refractivity contribution in [3.63, 3.8) is 0 Å².